The molecule has 2 nitrogen and oxygen atoms in total. The van der Waals surface area contributed by atoms with Crippen molar-refractivity contribution in [3.05, 3.63) is 47.8 Å². The quantitative estimate of drug-likeness (QED) is 0.435. The highest BCUT2D eigenvalue weighted by molar-refractivity contribution is 5.55. The number of unbranched alkanes of at least 4 members (excludes halogenated alkanes) is 3. The number of aromatic nitrogens is 2. The minimum Gasteiger partial charge on any atom is -0.236 e. The summed E-state index contributed by atoms with van der Waals surface area (Å²) in [6.07, 6.45) is 18.8. The van der Waals surface area contributed by atoms with Crippen molar-refractivity contribution < 1.29 is 0 Å². The largest absolute Gasteiger partial charge is 0.236 e. The maximum Gasteiger partial charge on any atom is 0.159 e. The van der Waals surface area contributed by atoms with Crippen LogP contribution in [0, 0.1) is 5.92 Å². The summed E-state index contributed by atoms with van der Waals surface area (Å²) in [7, 11) is 0. The molecule has 2 aromatic rings. The number of hydrogen-bond acceptors (Lipinski definition) is 2. The second-order valence-corrected chi connectivity index (χ2v) is 8.35. The van der Waals surface area contributed by atoms with Gasteiger partial charge in [-0.2, -0.15) is 0 Å². The fourth-order valence-electron chi connectivity index (χ4n) is 4.37. The topological polar surface area (TPSA) is 25.8 Å². The van der Waals surface area contributed by atoms with Crippen molar-refractivity contribution in [2.75, 3.05) is 0 Å². The predicted octanol–water partition coefficient (Wildman–Crippen LogP) is 7.34. The molecule has 0 radical (unpaired) electrons. The molecular formula is C25H36N2. The Bertz CT molecular complexity index is 652. The smallest absolute Gasteiger partial charge is 0.159 e. The normalized spacial score (nSPS) is 19.9. The van der Waals surface area contributed by atoms with E-state index in [2.05, 4.69) is 60.5 Å². The van der Waals surface area contributed by atoms with Crippen LogP contribution in [0.15, 0.2) is 36.7 Å². The first-order chi connectivity index (χ1) is 13.3. The molecule has 0 spiro atoms. The molecule has 3 rings (SSSR count). The molecule has 1 aliphatic rings. The minimum atomic E-state index is 0.665. The lowest BCUT2D eigenvalue weighted by Crippen LogP contribution is -2.14. The van der Waals surface area contributed by atoms with Gasteiger partial charge in [0.05, 0.1) is 0 Å². The van der Waals surface area contributed by atoms with Gasteiger partial charge in [-0.15, -0.1) is 0 Å². The Morgan fingerprint density at radius 3 is 2.11 bits per heavy atom. The molecule has 0 aliphatic heterocycles. The van der Waals surface area contributed by atoms with Crippen molar-refractivity contribution in [1.82, 2.24) is 9.97 Å². The monoisotopic (exact) mass is 364 g/mol. The van der Waals surface area contributed by atoms with Crippen LogP contribution in [0.1, 0.15) is 95.1 Å². The van der Waals surface area contributed by atoms with Gasteiger partial charge in [-0.25, -0.2) is 9.97 Å². The van der Waals surface area contributed by atoms with Crippen molar-refractivity contribution in [3.8, 4) is 11.4 Å². The Morgan fingerprint density at radius 2 is 1.48 bits per heavy atom. The number of aryl methyl sites for hydroxylation is 1. The molecule has 2 heteroatoms. The number of nitrogens with zero attached hydrogens (tertiary/aromatic N) is 2. The molecule has 146 valence electrons. The van der Waals surface area contributed by atoms with E-state index < -0.39 is 0 Å². The highest BCUT2D eigenvalue weighted by Gasteiger charge is 2.22. The van der Waals surface area contributed by atoms with Crippen LogP contribution in [-0.2, 0) is 6.42 Å². The summed E-state index contributed by atoms with van der Waals surface area (Å²) in [4.78, 5) is 9.37. The third-order valence-corrected chi connectivity index (χ3v) is 6.24. The fourth-order valence-corrected chi connectivity index (χ4v) is 4.37. The molecule has 0 unspecified atom stereocenters. The van der Waals surface area contributed by atoms with Crippen LogP contribution in [0.4, 0.5) is 0 Å². The van der Waals surface area contributed by atoms with Crippen LogP contribution in [0.25, 0.3) is 11.4 Å². The second-order valence-electron chi connectivity index (χ2n) is 8.35. The SMILES string of the molecule is CCCCCC1CCC(c2cnc(-c3ccc(CCCC)cc3)nc2)CC1. The standard InChI is InChI=1S/C25H36N2/c1-3-5-7-9-21-10-14-22(15-11-21)24-18-26-25(27-19-24)23-16-12-20(13-17-23)8-6-4-2/h12-13,16-19,21-22H,3-11,14-15H2,1-2H3. The van der Waals surface area contributed by atoms with E-state index in [1.54, 1.807) is 0 Å². The van der Waals surface area contributed by atoms with E-state index >= 15 is 0 Å². The highest BCUT2D eigenvalue weighted by Crippen LogP contribution is 2.37. The van der Waals surface area contributed by atoms with Crippen LogP contribution in [-0.4, -0.2) is 9.97 Å². The fraction of sp³-hybridized carbons (Fsp3) is 0.600. The summed E-state index contributed by atoms with van der Waals surface area (Å²) < 4.78 is 0. The summed E-state index contributed by atoms with van der Waals surface area (Å²) in [6.45, 7) is 4.53. The van der Waals surface area contributed by atoms with Gasteiger partial charge < -0.3 is 0 Å². The molecule has 0 N–H and O–H groups in total. The Kier molecular flexibility index (Phi) is 7.86. The molecular weight excluding hydrogens is 328 g/mol. The third-order valence-electron chi connectivity index (χ3n) is 6.24. The predicted molar refractivity (Wildman–Crippen MR) is 115 cm³/mol. The van der Waals surface area contributed by atoms with Gasteiger partial charge in [0.2, 0.25) is 0 Å². The number of rotatable bonds is 9. The molecule has 1 heterocycles. The van der Waals surface area contributed by atoms with Gasteiger partial charge in [0.25, 0.3) is 0 Å². The van der Waals surface area contributed by atoms with Crippen LogP contribution in [0.2, 0.25) is 0 Å². The van der Waals surface area contributed by atoms with E-state index in [1.165, 1.54) is 75.3 Å². The summed E-state index contributed by atoms with van der Waals surface area (Å²) in [5.41, 5.74) is 3.87. The average molecular weight is 365 g/mol. The highest BCUT2D eigenvalue weighted by atomic mass is 14.9. The first kappa shape index (κ1) is 20.0. The van der Waals surface area contributed by atoms with Crippen LogP contribution < -0.4 is 0 Å². The van der Waals surface area contributed by atoms with Crippen LogP contribution in [0.3, 0.4) is 0 Å². The lowest BCUT2D eigenvalue weighted by Gasteiger charge is -2.28. The maximum absolute atomic E-state index is 4.68. The van der Waals surface area contributed by atoms with Crippen molar-refractivity contribution in [1.29, 1.82) is 0 Å². The zero-order chi connectivity index (χ0) is 18.9. The molecule has 0 amide bonds. The summed E-state index contributed by atoms with van der Waals surface area (Å²) in [5.74, 6) is 2.48. The molecule has 1 aromatic heterocycles. The number of benzene rings is 1. The minimum absolute atomic E-state index is 0.665. The third kappa shape index (κ3) is 5.89. The van der Waals surface area contributed by atoms with E-state index in [1.807, 2.05) is 0 Å². The summed E-state index contributed by atoms with van der Waals surface area (Å²) >= 11 is 0. The molecule has 1 fully saturated rings. The molecule has 27 heavy (non-hydrogen) atoms. The molecule has 0 saturated heterocycles. The maximum atomic E-state index is 4.68. The second kappa shape index (κ2) is 10.6. The molecule has 0 atom stereocenters. The Morgan fingerprint density at radius 1 is 0.815 bits per heavy atom. The van der Waals surface area contributed by atoms with E-state index in [9.17, 15) is 0 Å². The van der Waals surface area contributed by atoms with Gasteiger partial charge in [-0.05, 0) is 61.5 Å². The number of hydrogen-bond donors (Lipinski definition) is 0. The Labute approximate surface area is 165 Å². The van der Waals surface area contributed by atoms with E-state index in [4.69, 9.17) is 0 Å². The van der Waals surface area contributed by atoms with Crippen molar-refractivity contribution >= 4 is 0 Å². The van der Waals surface area contributed by atoms with Gasteiger partial charge >= 0.3 is 0 Å². The Hall–Kier alpha value is -1.70. The summed E-state index contributed by atoms with van der Waals surface area (Å²) in [5, 5.41) is 0. The van der Waals surface area contributed by atoms with Gasteiger partial charge in [-0.3, -0.25) is 0 Å². The zero-order valence-corrected chi connectivity index (χ0v) is 17.3. The van der Waals surface area contributed by atoms with Crippen molar-refractivity contribution in [3.63, 3.8) is 0 Å². The average Bonchev–Trinajstić information content (AvgIpc) is 2.73. The van der Waals surface area contributed by atoms with E-state index in [0.29, 0.717) is 5.92 Å². The molecule has 1 aliphatic carbocycles. The first-order valence-corrected chi connectivity index (χ1v) is 11.2. The molecule has 1 aromatic carbocycles. The van der Waals surface area contributed by atoms with Gasteiger partial charge in [0.15, 0.2) is 5.82 Å². The van der Waals surface area contributed by atoms with Gasteiger partial charge in [0, 0.05) is 18.0 Å². The zero-order valence-electron chi connectivity index (χ0n) is 17.3. The molecule has 0 bridgehead atoms. The van der Waals surface area contributed by atoms with Crippen LogP contribution >= 0.6 is 0 Å². The van der Waals surface area contributed by atoms with Gasteiger partial charge in [-0.1, -0.05) is 70.2 Å². The van der Waals surface area contributed by atoms with Crippen molar-refractivity contribution in [2.24, 2.45) is 5.92 Å². The van der Waals surface area contributed by atoms with E-state index in [-0.39, 0.29) is 0 Å². The Balaban J connectivity index is 1.53. The lowest BCUT2D eigenvalue weighted by atomic mass is 9.77. The van der Waals surface area contributed by atoms with Gasteiger partial charge in [0.1, 0.15) is 0 Å². The molecule has 1 saturated carbocycles. The van der Waals surface area contributed by atoms with Crippen molar-refractivity contribution in [2.45, 2.75) is 90.4 Å². The van der Waals surface area contributed by atoms with Crippen LogP contribution in [0.5, 0.6) is 0 Å². The summed E-state index contributed by atoms with van der Waals surface area (Å²) in [6, 6.07) is 8.78. The van der Waals surface area contributed by atoms with E-state index in [0.717, 1.165) is 23.7 Å². The lowest BCUT2D eigenvalue weighted by molar-refractivity contribution is 0.302. The first-order valence-electron chi connectivity index (χ1n) is 11.2.